The van der Waals surface area contributed by atoms with Gasteiger partial charge in [-0.3, -0.25) is 4.79 Å². The van der Waals surface area contributed by atoms with Crippen molar-refractivity contribution >= 4 is 40.6 Å². The van der Waals surface area contributed by atoms with Gasteiger partial charge in [-0.15, -0.1) is 5.10 Å². The first-order chi connectivity index (χ1) is 12.5. The number of carbonyl (C=O) groups excluding carboxylic acids is 1. The van der Waals surface area contributed by atoms with Crippen molar-refractivity contribution in [2.75, 3.05) is 18.0 Å². The van der Waals surface area contributed by atoms with Crippen LogP contribution in [0.1, 0.15) is 22.6 Å². The number of nitrogens with zero attached hydrogens (tertiary/aromatic N) is 5. The van der Waals surface area contributed by atoms with Gasteiger partial charge in [-0.2, -0.15) is 0 Å². The Hall–Kier alpha value is -2.38. The quantitative estimate of drug-likeness (QED) is 0.743. The predicted octanol–water partition coefficient (Wildman–Crippen LogP) is 2.75. The second kappa shape index (κ2) is 6.74. The van der Waals surface area contributed by atoms with Crippen LogP contribution in [0.15, 0.2) is 30.6 Å². The Labute approximate surface area is 159 Å². The number of fused-ring (bicyclic) bond motifs is 1. The molecule has 7 nitrogen and oxygen atoms in total. The van der Waals surface area contributed by atoms with Crippen LogP contribution in [-0.4, -0.2) is 44.6 Å². The van der Waals surface area contributed by atoms with Gasteiger partial charge in [-0.25, -0.2) is 14.5 Å². The number of hydrogen-bond acceptors (Lipinski definition) is 5. The third-order valence-corrected chi connectivity index (χ3v) is 5.12. The summed E-state index contributed by atoms with van der Waals surface area (Å²) >= 11 is 11.8. The van der Waals surface area contributed by atoms with Crippen LogP contribution in [0.4, 0.5) is 5.82 Å². The number of rotatable bonds is 3. The van der Waals surface area contributed by atoms with E-state index in [2.05, 4.69) is 25.3 Å². The second-order valence-electron chi connectivity index (χ2n) is 6.25. The number of hydrogen-bond donors (Lipinski definition) is 1. The summed E-state index contributed by atoms with van der Waals surface area (Å²) in [5, 5.41) is 8.26. The molecular weight excluding hydrogens is 375 g/mol. The van der Waals surface area contributed by atoms with Gasteiger partial charge in [0, 0.05) is 25.3 Å². The molecule has 0 aliphatic carbocycles. The summed E-state index contributed by atoms with van der Waals surface area (Å²) in [6.07, 6.45) is 4.01. The van der Waals surface area contributed by atoms with Crippen molar-refractivity contribution in [3.8, 4) is 0 Å². The molecule has 4 heterocycles. The first-order valence-corrected chi connectivity index (χ1v) is 8.95. The molecule has 1 atom stereocenters. The van der Waals surface area contributed by atoms with E-state index in [0.29, 0.717) is 16.6 Å². The van der Waals surface area contributed by atoms with E-state index in [4.69, 9.17) is 23.2 Å². The van der Waals surface area contributed by atoms with Crippen LogP contribution in [0, 0.1) is 6.92 Å². The van der Waals surface area contributed by atoms with E-state index in [1.807, 2.05) is 23.6 Å². The number of imidazole rings is 1. The molecule has 1 fully saturated rings. The molecule has 134 valence electrons. The second-order valence-corrected chi connectivity index (χ2v) is 7.06. The first kappa shape index (κ1) is 17.1. The van der Waals surface area contributed by atoms with Gasteiger partial charge in [0.15, 0.2) is 5.65 Å². The van der Waals surface area contributed by atoms with Gasteiger partial charge in [0.2, 0.25) is 0 Å². The normalized spacial score (nSPS) is 17.0. The number of aromatic nitrogens is 4. The highest BCUT2D eigenvalue weighted by Gasteiger charge is 2.26. The summed E-state index contributed by atoms with van der Waals surface area (Å²) in [7, 11) is 0. The van der Waals surface area contributed by atoms with Crippen LogP contribution in [0.25, 0.3) is 5.65 Å². The van der Waals surface area contributed by atoms with Crippen molar-refractivity contribution in [3.05, 3.63) is 52.0 Å². The molecular formula is C17H16Cl2N6O. The third-order valence-electron chi connectivity index (χ3n) is 4.41. The van der Waals surface area contributed by atoms with Gasteiger partial charge >= 0.3 is 0 Å². The van der Waals surface area contributed by atoms with Crippen LogP contribution in [0.5, 0.6) is 0 Å². The first-order valence-electron chi connectivity index (χ1n) is 8.19. The number of aryl methyl sites for hydroxylation is 1. The van der Waals surface area contributed by atoms with E-state index in [-0.39, 0.29) is 17.6 Å². The number of pyridine rings is 1. The van der Waals surface area contributed by atoms with E-state index in [1.165, 1.54) is 12.3 Å². The van der Waals surface area contributed by atoms with Crippen molar-refractivity contribution in [1.82, 2.24) is 24.9 Å². The lowest BCUT2D eigenvalue weighted by Crippen LogP contribution is -2.37. The van der Waals surface area contributed by atoms with Gasteiger partial charge in [0.1, 0.15) is 11.5 Å². The van der Waals surface area contributed by atoms with Gasteiger partial charge in [0.25, 0.3) is 5.91 Å². The molecule has 1 aliphatic heterocycles. The van der Waals surface area contributed by atoms with E-state index in [9.17, 15) is 4.79 Å². The van der Waals surface area contributed by atoms with Crippen LogP contribution in [0.3, 0.4) is 0 Å². The Balaban J connectivity index is 1.45. The van der Waals surface area contributed by atoms with Crippen LogP contribution in [0.2, 0.25) is 10.0 Å². The van der Waals surface area contributed by atoms with Crippen molar-refractivity contribution in [1.29, 1.82) is 0 Å². The molecule has 0 saturated carbocycles. The maximum absolute atomic E-state index is 12.4. The molecule has 1 N–H and O–H groups in total. The van der Waals surface area contributed by atoms with E-state index in [1.54, 1.807) is 6.20 Å². The highest BCUT2D eigenvalue weighted by molar-refractivity contribution is 6.42. The molecule has 1 aliphatic rings. The predicted molar refractivity (Wildman–Crippen MR) is 100 cm³/mol. The molecule has 26 heavy (non-hydrogen) atoms. The van der Waals surface area contributed by atoms with Gasteiger partial charge < -0.3 is 10.2 Å². The van der Waals surface area contributed by atoms with E-state index in [0.717, 1.165) is 30.1 Å². The summed E-state index contributed by atoms with van der Waals surface area (Å²) in [6.45, 7) is 3.46. The zero-order valence-corrected chi connectivity index (χ0v) is 15.5. The lowest BCUT2D eigenvalue weighted by atomic mass is 10.2. The zero-order chi connectivity index (χ0) is 18.3. The average Bonchev–Trinajstić information content (AvgIpc) is 3.24. The SMILES string of the molecule is Cc1cnc2ccc(N3CC[C@H](NC(=O)c4cc(Cl)c(Cl)cn4)C3)nn12. The minimum atomic E-state index is -0.260. The topological polar surface area (TPSA) is 75.4 Å². The molecule has 3 aromatic rings. The fraction of sp³-hybridized carbons (Fsp3) is 0.294. The molecule has 0 radical (unpaired) electrons. The van der Waals surface area contributed by atoms with Gasteiger partial charge in [-0.1, -0.05) is 23.2 Å². The summed E-state index contributed by atoms with van der Waals surface area (Å²) in [6, 6.07) is 5.39. The van der Waals surface area contributed by atoms with Crippen molar-refractivity contribution in [2.24, 2.45) is 0 Å². The molecule has 1 saturated heterocycles. The van der Waals surface area contributed by atoms with E-state index < -0.39 is 0 Å². The maximum atomic E-state index is 12.4. The molecule has 3 aromatic heterocycles. The zero-order valence-electron chi connectivity index (χ0n) is 14.0. The van der Waals surface area contributed by atoms with Crippen LogP contribution >= 0.6 is 23.2 Å². The van der Waals surface area contributed by atoms with Gasteiger partial charge in [-0.05, 0) is 31.5 Å². The lowest BCUT2D eigenvalue weighted by molar-refractivity contribution is 0.0935. The highest BCUT2D eigenvalue weighted by atomic mass is 35.5. The lowest BCUT2D eigenvalue weighted by Gasteiger charge is -2.18. The molecule has 0 aromatic carbocycles. The van der Waals surface area contributed by atoms with Crippen molar-refractivity contribution < 1.29 is 4.79 Å². The summed E-state index contributed by atoms with van der Waals surface area (Å²) in [4.78, 5) is 22.8. The molecule has 0 spiro atoms. The fourth-order valence-electron chi connectivity index (χ4n) is 3.03. The third kappa shape index (κ3) is 3.20. The van der Waals surface area contributed by atoms with Crippen LogP contribution in [-0.2, 0) is 0 Å². The van der Waals surface area contributed by atoms with Gasteiger partial charge in [0.05, 0.1) is 21.9 Å². The number of carbonyl (C=O) groups is 1. The summed E-state index contributed by atoms with van der Waals surface area (Å²) in [5.74, 6) is 0.604. The summed E-state index contributed by atoms with van der Waals surface area (Å²) in [5.41, 5.74) is 2.06. The largest absolute Gasteiger partial charge is 0.353 e. The van der Waals surface area contributed by atoms with Crippen LogP contribution < -0.4 is 10.2 Å². The highest BCUT2D eigenvalue weighted by Crippen LogP contribution is 2.22. The molecule has 0 unspecified atom stereocenters. The van der Waals surface area contributed by atoms with E-state index >= 15 is 0 Å². The maximum Gasteiger partial charge on any atom is 0.270 e. The minimum Gasteiger partial charge on any atom is -0.353 e. The Morgan fingerprint density at radius 2 is 2.08 bits per heavy atom. The van der Waals surface area contributed by atoms with Crippen molar-refractivity contribution in [2.45, 2.75) is 19.4 Å². The molecule has 1 amide bonds. The van der Waals surface area contributed by atoms with Crippen molar-refractivity contribution in [3.63, 3.8) is 0 Å². The Morgan fingerprint density at radius 3 is 2.88 bits per heavy atom. The number of halogens is 2. The Kier molecular flexibility index (Phi) is 4.42. The number of amides is 1. The molecule has 9 heteroatoms. The Bertz CT molecular complexity index is 989. The Morgan fingerprint density at radius 1 is 1.23 bits per heavy atom. The number of nitrogens with one attached hydrogen (secondary N) is 1. The standard InChI is InChI=1S/C17H16Cl2N6O/c1-10-7-21-15-2-3-16(23-25(10)15)24-5-4-11(9-24)22-17(26)14-6-12(18)13(19)8-20-14/h2-3,6-8,11H,4-5,9H2,1H3,(H,22,26)/t11-/m0/s1. The average molecular weight is 391 g/mol. The number of anilines is 1. The minimum absolute atomic E-state index is 0.0140. The fourth-order valence-corrected chi connectivity index (χ4v) is 3.29. The smallest absolute Gasteiger partial charge is 0.270 e. The summed E-state index contributed by atoms with van der Waals surface area (Å²) < 4.78 is 1.82. The molecule has 0 bridgehead atoms. The molecule has 4 rings (SSSR count). The monoisotopic (exact) mass is 390 g/mol.